The molecular weight excluding hydrogens is 176 g/mol. The predicted octanol–water partition coefficient (Wildman–Crippen LogP) is 2.44. The molecule has 1 fully saturated rings. The van der Waals surface area contributed by atoms with Crippen molar-refractivity contribution in [3.05, 3.63) is 18.3 Å². The van der Waals surface area contributed by atoms with Crippen LogP contribution in [0.3, 0.4) is 0 Å². The number of anilines is 1. The first-order valence-corrected chi connectivity index (χ1v) is 5.24. The van der Waals surface area contributed by atoms with Crippen molar-refractivity contribution in [2.45, 2.75) is 32.2 Å². The molecule has 1 aromatic rings. The van der Waals surface area contributed by atoms with Gasteiger partial charge in [0.15, 0.2) is 0 Å². The molecular formula is C11H16N2O. The van der Waals surface area contributed by atoms with Gasteiger partial charge in [-0.25, -0.2) is 4.98 Å². The zero-order valence-electron chi connectivity index (χ0n) is 8.49. The highest BCUT2D eigenvalue weighted by Crippen LogP contribution is 2.27. The van der Waals surface area contributed by atoms with Crippen molar-refractivity contribution >= 4 is 5.69 Å². The van der Waals surface area contributed by atoms with Gasteiger partial charge in [-0.05, 0) is 38.3 Å². The number of aromatic nitrogens is 1. The Bertz CT molecular complexity index is 297. The molecule has 3 heteroatoms. The van der Waals surface area contributed by atoms with Crippen LogP contribution in [-0.2, 0) is 0 Å². The van der Waals surface area contributed by atoms with Crippen LogP contribution in [0.25, 0.3) is 0 Å². The zero-order chi connectivity index (χ0) is 9.80. The summed E-state index contributed by atoms with van der Waals surface area (Å²) in [4.78, 5) is 4.20. The Balaban J connectivity index is 2.05. The maximum absolute atomic E-state index is 5.43. The number of hydrogen-bond acceptors (Lipinski definition) is 3. The lowest BCUT2D eigenvalue weighted by Crippen LogP contribution is -2.27. The van der Waals surface area contributed by atoms with E-state index in [1.165, 1.54) is 19.3 Å². The van der Waals surface area contributed by atoms with E-state index in [4.69, 9.17) is 4.74 Å². The Labute approximate surface area is 84.5 Å². The zero-order valence-corrected chi connectivity index (χ0v) is 8.49. The molecule has 0 aliphatic heterocycles. The molecule has 1 heterocycles. The topological polar surface area (TPSA) is 34.1 Å². The number of nitrogens with zero attached hydrogens (tertiary/aromatic N) is 1. The van der Waals surface area contributed by atoms with Gasteiger partial charge in [0.2, 0.25) is 5.88 Å². The van der Waals surface area contributed by atoms with Crippen molar-refractivity contribution in [1.82, 2.24) is 4.98 Å². The summed E-state index contributed by atoms with van der Waals surface area (Å²) in [6.45, 7) is 2.64. The second kappa shape index (κ2) is 4.31. The summed E-state index contributed by atoms with van der Waals surface area (Å²) in [5.41, 5.74) is 1.03. The van der Waals surface area contributed by atoms with Crippen LogP contribution in [0, 0.1) is 0 Å². The van der Waals surface area contributed by atoms with Crippen molar-refractivity contribution in [3.63, 3.8) is 0 Å². The fourth-order valence-electron chi connectivity index (χ4n) is 1.52. The summed E-state index contributed by atoms with van der Waals surface area (Å²) in [5, 5.41) is 3.44. The molecule has 0 aromatic carbocycles. The van der Waals surface area contributed by atoms with Gasteiger partial charge in [-0.15, -0.1) is 0 Å². The van der Waals surface area contributed by atoms with Gasteiger partial charge >= 0.3 is 0 Å². The molecule has 0 radical (unpaired) electrons. The maximum atomic E-state index is 5.43. The molecule has 1 aliphatic carbocycles. The monoisotopic (exact) mass is 192 g/mol. The molecule has 1 aliphatic rings. The number of rotatable bonds is 4. The Morgan fingerprint density at radius 3 is 3.07 bits per heavy atom. The lowest BCUT2D eigenvalue weighted by molar-refractivity contribution is 0.327. The third-order valence-electron chi connectivity index (χ3n) is 2.52. The van der Waals surface area contributed by atoms with E-state index >= 15 is 0 Å². The van der Waals surface area contributed by atoms with E-state index in [-0.39, 0.29) is 0 Å². The Kier molecular flexibility index (Phi) is 2.87. The number of nitrogens with one attached hydrogen (secondary N) is 1. The SMILES string of the molecule is CCOc1ncccc1NC1CCC1. The average Bonchev–Trinajstić information content (AvgIpc) is 2.14. The minimum absolute atomic E-state index is 0.624. The van der Waals surface area contributed by atoms with Crippen molar-refractivity contribution in [3.8, 4) is 5.88 Å². The Hall–Kier alpha value is -1.25. The van der Waals surface area contributed by atoms with Gasteiger partial charge in [0.25, 0.3) is 0 Å². The summed E-state index contributed by atoms with van der Waals surface area (Å²) in [7, 11) is 0. The van der Waals surface area contributed by atoms with Crippen LogP contribution in [0.2, 0.25) is 0 Å². The quantitative estimate of drug-likeness (QED) is 0.795. The summed E-state index contributed by atoms with van der Waals surface area (Å²) in [6, 6.07) is 4.58. The van der Waals surface area contributed by atoms with E-state index in [0.29, 0.717) is 12.6 Å². The van der Waals surface area contributed by atoms with Crippen LogP contribution in [0.5, 0.6) is 5.88 Å². The molecule has 1 N–H and O–H groups in total. The molecule has 0 saturated heterocycles. The molecule has 0 atom stereocenters. The van der Waals surface area contributed by atoms with E-state index in [9.17, 15) is 0 Å². The van der Waals surface area contributed by atoms with Gasteiger partial charge in [0.1, 0.15) is 0 Å². The highest BCUT2D eigenvalue weighted by molar-refractivity contribution is 5.52. The molecule has 0 amide bonds. The van der Waals surface area contributed by atoms with Gasteiger partial charge in [0, 0.05) is 12.2 Å². The van der Waals surface area contributed by atoms with Crippen molar-refractivity contribution in [2.75, 3.05) is 11.9 Å². The van der Waals surface area contributed by atoms with Crippen LogP contribution < -0.4 is 10.1 Å². The van der Waals surface area contributed by atoms with Gasteiger partial charge in [-0.1, -0.05) is 0 Å². The molecule has 1 aromatic heterocycles. The van der Waals surface area contributed by atoms with Gasteiger partial charge in [0.05, 0.1) is 12.3 Å². The summed E-state index contributed by atoms with van der Waals surface area (Å²) >= 11 is 0. The second-order valence-electron chi connectivity index (χ2n) is 3.56. The minimum Gasteiger partial charge on any atom is -0.476 e. The van der Waals surface area contributed by atoms with Crippen LogP contribution in [0.4, 0.5) is 5.69 Å². The smallest absolute Gasteiger partial charge is 0.237 e. The molecule has 1 saturated carbocycles. The van der Waals surface area contributed by atoms with Crippen LogP contribution in [0.15, 0.2) is 18.3 Å². The summed E-state index contributed by atoms with van der Waals surface area (Å²) < 4.78 is 5.43. The molecule has 0 bridgehead atoms. The Morgan fingerprint density at radius 2 is 2.43 bits per heavy atom. The van der Waals surface area contributed by atoms with Crippen molar-refractivity contribution in [1.29, 1.82) is 0 Å². The van der Waals surface area contributed by atoms with E-state index in [0.717, 1.165) is 11.6 Å². The van der Waals surface area contributed by atoms with E-state index < -0.39 is 0 Å². The molecule has 14 heavy (non-hydrogen) atoms. The first-order valence-electron chi connectivity index (χ1n) is 5.24. The molecule has 76 valence electrons. The fourth-order valence-corrected chi connectivity index (χ4v) is 1.52. The maximum Gasteiger partial charge on any atom is 0.237 e. The first kappa shape index (κ1) is 9.31. The average molecular weight is 192 g/mol. The van der Waals surface area contributed by atoms with Crippen molar-refractivity contribution in [2.24, 2.45) is 0 Å². The van der Waals surface area contributed by atoms with Crippen LogP contribution in [0.1, 0.15) is 26.2 Å². The molecule has 3 nitrogen and oxygen atoms in total. The third kappa shape index (κ3) is 1.97. The Morgan fingerprint density at radius 1 is 1.57 bits per heavy atom. The lowest BCUT2D eigenvalue weighted by atomic mass is 9.93. The minimum atomic E-state index is 0.624. The molecule has 0 unspecified atom stereocenters. The van der Waals surface area contributed by atoms with Gasteiger partial charge < -0.3 is 10.1 Å². The predicted molar refractivity (Wildman–Crippen MR) is 56.7 cm³/mol. The van der Waals surface area contributed by atoms with E-state index in [2.05, 4.69) is 10.3 Å². The molecule has 2 rings (SSSR count). The van der Waals surface area contributed by atoms with Crippen LogP contribution in [-0.4, -0.2) is 17.6 Å². The van der Waals surface area contributed by atoms with Crippen molar-refractivity contribution < 1.29 is 4.74 Å². The van der Waals surface area contributed by atoms with Crippen LogP contribution >= 0.6 is 0 Å². The normalized spacial score (nSPS) is 16.1. The van der Waals surface area contributed by atoms with E-state index in [1.54, 1.807) is 6.20 Å². The number of pyridine rings is 1. The standard InChI is InChI=1S/C11H16N2O/c1-2-14-11-10(7-4-8-12-11)13-9-5-3-6-9/h4,7-9,13H,2-3,5-6H2,1H3. The lowest BCUT2D eigenvalue weighted by Gasteiger charge is -2.27. The van der Waals surface area contributed by atoms with Gasteiger partial charge in [-0.2, -0.15) is 0 Å². The highest BCUT2D eigenvalue weighted by Gasteiger charge is 2.18. The van der Waals surface area contributed by atoms with E-state index in [1.807, 2.05) is 19.1 Å². The summed E-state index contributed by atoms with van der Waals surface area (Å²) in [6.07, 6.45) is 5.62. The first-order chi connectivity index (χ1) is 6.90. The second-order valence-corrected chi connectivity index (χ2v) is 3.56. The highest BCUT2D eigenvalue weighted by atomic mass is 16.5. The summed E-state index contributed by atoms with van der Waals surface area (Å²) in [5.74, 6) is 0.724. The number of hydrogen-bond donors (Lipinski definition) is 1. The van der Waals surface area contributed by atoms with Gasteiger partial charge in [-0.3, -0.25) is 0 Å². The largest absolute Gasteiger partial charge is 0.476 e. The fraction of sp³-hybridized carbons (Fsp3) is 0.545. The number of ether oxygens (including phenoxy) is 1. The molecule has 0 spiro atoms. The third-order valence-corrected chi connectivity index (χ3v) is 2.52.